The van der Waals surface area contributed by atoms with Gasteiger partial charge in [0.25, 0.3) is 5.56 Å². The number of aromatic amines is 1. The van der Waals surface area contributed by atoms with Crippen LogP contribution < -0.4 is 16.0 Å². The number of amides is 1. The van der Waals surface area contributed by atoms with E-state index in [4.69, 9.17) is 10.00 Å². The molecule has 0 spiro atoms. The van der Waals surface area contributed by atoms with E-state index in [2.05, 4.69) is 16.0 Å². The lowest BCUT2D eigenvalue weighted by Crippen LogP contribution is -2.42. The van der Waals surface area contributed by atoms with Crippen LogP contribution in [0.2, 0.25) is 0 Å². The average Bonchev–Trinajstić information content (AvgIpc) is 2.68. The fourth-order valence-electron chi connectivity index (χ4n) is 2.95. The number of nitrogens with zero attached hydrogens (tertiary/aromatic N) is 4. The van der Waals surface area contributed by atoms with Crippen LogP contribution in [0.3, 0.4) is 0 Å². The van der Waals surface area contributed by atoms with E-state index in [1.54, 1.807) is 23.2 Å². The second-order valence-electron chi connectivity index (χ2n) is 6.22. The molecule has 1 amide bonds. The number of carbonyl (C=O) groups is 1. The van der Waals surface area contributed by atoms with Crippen molar-refractivity contribution in [2.24, 2.45) is 0 Å². The second-order valence-corrected chi connectivity index (χ2v) is 6.22. The normalized spacial score (nSPS) is 14.6. The third kappa shape index (κ3) is 4.61. The first-order valence-electron chi connectivity index (χ1n) is 8.66. The summed E-state index contributed by atoms with van der Waals surface area (Å²) in [5.41, 5.74) is -0.592. The zero-order valence-electron chi connectivity index (χ0n) is 14.6. The molecule has 140 valence electrons. The number of likely N-dealkylation sites (tertiary alicyclic amines) is 1. The van der Waals surface area contributed by atoms with Crippen LogP contribution in [-0.2, 0) is 11.3 Å². The molecule has 0 unspecified atom stereocenters. The van der Waals surface area contributed by atoms with Crippen LogP contribution in [0, 0.1) is 11.3 Å². The Morgan fingerprint density at radius 2 is 2.11 bits per heavy atom. The molecule has 1 N–H and O–H groups in total. The molecule has 0 atom stereocenters. The number of aromatic nitrogens is 3. The number of nitriles is 1. The van der Waals surface area contributed by atoms with Gasteiger partial charge in [0.05, 0.1) is 0 Å². The number of carbonyl (C=O) groups excluding carboxylic acids is 1. The topological polar surface area (TPSA) is 121 Å². The standard InChI is InChI=1S/C18H19N5O4/c19-12-13-2-1-7-20-17(13)27-14-3-8-22(9-4-14)16(25)6-11-23-10-5-15(24)21-18(23)26/h1-2,5,7,10,14H,3-4,6,8-9,11H2,(H,21,24,26). The average molecular weight is 369 g/mol. The second kappa shape index (κ2) is 8.31. The lowest BCUT2D eigenvalue weighted by Gasteiger charge is -2.32. The van der Waals surface area contributed by atoms with Gasteiger partial charge in [0.15, 0.2) is 0 Å². The predicted molar refractivity (Wildman–Crippen MR) is 95.1 cm³/mol. The monoisotopic (exact) mass is 369 g/mol. The van der Waals surface area contributed by atoms with Crippen LogP contribution in [-0.4, -0.2) is 44.5 Å². The number of pyridine rings is 1. The summed E-state index contributed by atoms with van der Waals surface area (Å²) in [5, 5.41) is 9.08. The molecular weight excluding hydrogens is 350 g/mol. The van der Waals surface area contributed by atoms with E-state index in [1.807, 2.05) is 0 Å². The molecule has 3 rings (SSSR count). The Kier molecular flexibility index (Phi) is 5.66. The molecule has 27 heavy (non-hydrogen) atoms. The zero-order valence-corrected chi connectivity index (χ0v) is 14.6. The minimum absolute atomic E-state index is 0.0536. The van der Waals surface area contributed by atoms with Crippen molar-refractivity contribution in [2.45, 2.75) is 31.9 Å². The number of ether oxygens (including phenoxy) is 1. The maximum atomic E-state index is 12.4. The van der Waals surface area contributed by atoms with Crippen molar-refractivity contribution in [1.29, 1.82) is 5.26 Å². The highest BCUT2D eigenvalue weighted by Crippen LogP contribution is 2.20. The van der Waals surface area contributed by atoms with Gasteiger partial charge in [-0.1, -0.05) is 0 Å². The highest BCUT2D eigenvalue weighted by molar-refractivity contribution is 5.76. The minimum Gasteiger partial charge on any atom is -0.473 e. The summed E-state index contributed by atoms with van der Waals surface area (Å²) in [6, 6.07) is 6.64. The van der Waals surface area contributed by atoms with E-state index in [0.717, 1.165) is 0 Å². The number of hydrogen-bond acceptors (Lipinski definition) is 6. The molecular formula is C18H19N5O4. The summed E-state index contributed by atoms with van der Waals surface area (Å²) >= 11 is 0. The Hall–Kier alpha value is -3.41. The molecule has 2 aromatic heterocycles. The fourth-order valence-corrected chi connectivity index (χ4v) is 2.95. The number of H-pyrrole nitrogens is 1. The van der Waals surface area contributed by atoms with E-state index in [1.165, 1.54) is 16.8 Å². The fraction of sp³-hybridized carbons (Fsp3) is 0.389. The molecule has 1 fully saturated rings. The Morgan fingerprint density at radius 3 is 2.81 bits per heavy atom. The molecule has 0 saturated carbocycles. The van der Waals surface area contributed by atoms with Crippen molar-refractivity contribution in [2.75, 3.05) is 13.1 Å². The van der Waals surface area contributed by atoms with Crippen molar-refractivity contribution in [3.63, 3.8) is 0 Å². The van der Waals surface area contributed by atoms with E-state index in [-0.39, 0.29) is 25.0 Å². The van der Waals surface area contributed by atoms with Crippen molar-refractivity contribution in [3.05, 3.63) is 57.0 Å². The summed E-state index contributed by atoms with van der Waals surface area (Å²) in [6.07, 6.45) is 4.33. The molecule has 3 heterocycles. The van der Waals surface area contributed by atoms with Gasteiger partial charge in [-0.25, -0.2) is 9.78 Å². The number of rotatable bonds is 5. The van der Waals surface area contributed by atoms with Crippen LogP contribution in [0.1, 0.15) is 24.8 Å². The first-order chi connectivity index (χ1) is 13.1. The first kappa shape index (κ1) is 18.4. The van der Waals surface area contributed by atoms with E-state index >= 15 is 0 Å². The van der Waals surface area contributed by atoms with Crippen molar-refractivity contribution < 1.29 is 9.53 Å². The van der Waals surface area contributed by atoms with Crippen LogP contribution in [0.4, 0.5) is 0 Å². The van der Waals surface area contributed by atoms with Crippen LogP contribution >= 0.6 is 0 Å². The maximum Gasteiger partial charge on any atom is 0.328 e. The Bertz CT molecular complexity index is 966. The van der Waals surface area contributed by atoms with Crippen molar-refractivity contribution in [3.8, 4) is 11.9 Å². The third-order valence-corrected chi connectivity index (χ3v) is 4.43. The van der Waals surface area contributed by atoms with E-state index < -0.39 is 11.2 Å². The first-order valence-corrected chi connectivity index (χ1v) is 8.66. The molecule has 0 aliphatic carbocycles. The minimum atomic E-state index is -0.522. The molecule has 9 nitrogen and oxygen atoms in total. The maximum absolute atomic E-state index is 12.4. The van der Waals surface area contributed by atoms with Gasteiger partial charge in [-0.15, -0.1) is 0 Å². The van der Waals surface area contributed by atoms with Crippen LogP contribution in [0.5, 0.6) is 5.88 Å². The summed E-state index contributed by atoms with van der Waals surface area (Å²) in [4.78, 5) is 43.0. The molecule has 9 heteroatoms. The van der Waals surface area contributed by atoms with Gasteiger partial charge >= 0.3 is 5.69 Å². The molecule has 1 aliphatic heterocycles. The van der Waals surface area contributed by atoms with Crippen LogP contribution in [0.15, 0.2) is 40.2 Å². The predicted octanol–water partition coefficient (Wildman–Crippen LogP) is 0.263. The Balaban J connectivity index is 1.50. The number of aryl methyl sites for hydroxylation is 1. The highest BCUT2D eigenvalue weighted by Gasteiger charge is 2.24. The molecule has 1 aliphatic rings. The number of piperidine rings is 1. The molecule has 0 bridgehead atoms. The molecule has 0 radical (unpaired) electrons. The molecule has 1 saturated heterocycles. The van der Waals surface area contributed by atoms with Gasteiger partial charge < -0.3 is 14.2 Å². The Labute approximate surface area is 154 Å². The molecule has 2 aromatic rings. The quantitative estimate of drug-likeness (QED) is 0.807. The smallest absolute Gasteiger partial charge is 0.328 e. The third-order valence-electron chi connectivity index (χ3n) is 4.43. The summed E-state index contributed by atoms with van der Waals surface area (Å²) in [7, 11) is 0. The van der Waals surface area contributed by atoms with Crippen molar-refractivity contribution in [1.82, 2.24) is 19.4 Å². The SMILES string of the molecule is N#Cc1cccnc1OC1CCN(C(=O)CCn2ccc(=O)[nH]c2=O)CC1. The lowest BCUT2D eigenvalue weighted by atomic mass is 10.1. The van der Waals surface area contributed by atoms with Crippen LogP contribution in [0.25, 0.3) is 0 Å². The Morgan fingerprint density at radius 1 is 1.33 bits per heavy atom. The largest absolute Gasteiger partial charge is 0.473 e. The van der Waals surface area contributed by atoms with Crippen molar-refractivity contribution >= 4 is 5.91 Å². The van der Waals surface area contributed by atoms with E-state index in [0.29, 0.717) is 37.4 Å². The summed E-state index contributed by atoms with van der Waals surface area (Å²) < 4.78 is 7.12. The summed E-state index contributed by atoms with van der Waals surface area (Å²) in [5.74, 6) is 0.268. The zero-order chi connectivity index (χ0) is 19.2. The van der Waals surface area contributed by atoms with Gasteiger partial charge in [0.2, 0.25) is 11.8 Å². The highest BCUT2D eigenvalue weighted by atomic mass is 16.5. The van der Waals surface area contributed by atoms with Gasteiger partial charge in [-0.2, -0.15) is 5.26 Å². The van der Waals surface area contributed by atoms with Gasteiger partial charge in [-0.3, -0.25) is 14.6 Å². The van der Waals surface area contributed by atoms with E-state index in [9.17, 15) is 14.4 Å². The van der Waals surface area contributed by atoms with Gasteiger partial charge in [0.1, 0.15) is 17.7 Å². The lowest BCUT2D eigenvalue weighted by molar-refractivity contribution is -0.133. The molecule has 0 aromatic carbocycles. The number of nitrogens with one attached hydrogen (secondary N) is 1. The summed E-state index contributed by atoms with van der Waals surface area (Å²) in [6.45, 7) is 1.29. The van der Waals surface area contributed by atoms with Gasteiger partial charge in [-0.05, 0) is 12.1 Å². The van der Waals surface area contributed by atoms with Gasteiger partial charge in [0, 0.05) is 57.4 Å². The number of hydrogen-bond donors (Lipinski definition) is 1.